The number of nitrogens with one attached hydrogen (secondary N) is 1. The number of sulfone groups is 1. The van der Waals surface area contributed by atoms with Crippen molar-refractivity contribution in [2.45, 2.75) is 19.0 Å². The zero-order valence-corrected chi connectivity index (χ0v) is 17.5. The Bertz CT molecular complexity index is 1120. The summed E-state index contributed by atoms with van der Waals surface area (Å²) >= 11 is 1.53. The van der Waals surface area contributed by atoms with Gasteiger partial charge >= 0.3 is 0 Å². The molecule has 0 bridgehead atoms. The number of amides is 1. The molecule has 152 valence electrons. The molecule has 0 aliphatic carbocycles. The molecule has 0 radical (unpaired) electrons. The van der Waals surface area contributed by atoms with Gasteiger partial charge in [0.1, 0.15) is 5.75 Å². The van der Waals surface area contributed by atoms with Gasteiger partial charge in [0.25, 0.3) is 5.91 Å². The van der Waals surface area contributed by atoms with Crippen LogP contribution in [0.5, 0.6) is 5.75 Å². The van der Waals surface area contributed by atoms with E-state index in [1.165, 1.54) is 11.3 Å². The molecule has 1 aromatic carbocycles. The first-order valence-corrected chi connectivity index (χ1v) is 11.9. The minimum Gasteiger partial charge on any atom is -0.496 e. The Kier molecular flexibility index (Phi) is 5.42. The highest BCUT2D eigenvalue weighted by atomic mass is 32.2. The molecule has 1 atom stereocenters. The van der Waals surface area contributed by atoms with Gasteiger partial charge in [-0.1, -0.05) is 24.3 Å². The number of carbonyl (C=O) groups is 1. The van der Waals surface area contributed by atoms with Crippen molar-refractivity contribution in [3.05, 3.63) is 59.1 Å². The monoisotopic (exact) mass is 431 g/mol. The molecule has 7 nitrogen and oxygen atoms in total. The number of thiophene rings is 1. The molecule has 0 spiro atoms. The quantitative estimate of drug-likeness (QED) is 0.648. The summed E-state index contributed by atoms with van der Waals surface area (Å²) in [6, 6.07) is 12.8. The molecule has 3 aromatic rings. The minimum atomic E-state index is -3.07. The summed E-state index contributed by atoms with van der Waals surface area (Å²) in [5.41, 5.74) is 1.90. The summed E-state index contributed by atoms with van der Waals surface area (Å²) in [5.74, 6) is 0.591. The Morgan fingerprint density at radius 2 is 2.14 bits per heavy atom. The number of nitrogens with zero attached hydrogens (tertiary/aromatic N) is 2. The van der Waals surface area contributed by atoms with E-state index in [0.717, 1.165) is 16.1 Å². The summed E-state index contributed by atoms with van der Waals surface area (Å²) < 4.78 is 30.9. The normalized spacial score (nSPS) is 17.9. The summed E-state index contributed by atoms with van der Waals surface area (Å²) in [6.45, 7) is 0.307. The number of hydrogen-bond acceptors (Lipinski definition) is 6. The predicted octanol–water partition coefficient (Wildman–Crippen LogP) is 2.91. The molecule has 4 rings (SSSR count). The van der Waals surface area contributed by atoms with Crippen LogP contribution >= 0.6 is 11.3 Å². The molecule has 1 fully saturated rings. The van der Waals surface area contributed by atoms with Gasteiger partial charge in [0, 0.05) is 12.1 Å². The molecule has 1 saturated heterocycles. The van der Waals surface area contributed by atoms with Crippen LogP contribution in [0, 0.1) is 0 Å². The number of ether oxygens (including phenoxy) is 1. The topological polar surface area (TPSA) is 90.3 Å². The first-order chi connectivity index (χ1) is 14.0. The lowest BCUT2D eigenvalue weighted by atomic mass is 10.2. The van der Waals surface area contributed by atoms with Crippen LogP contribution in [0.15, 0.2) is 47.8 Å². The van der Waals surface area contributed by atoms with E-state index in [4.69, 9.17) is 4.74 Å². The van der Waals surface area contributed by atoms with E-state index < -0.39 is 9.84 Å². The van der Waals surface area contributed by atoms with Crippen molar-refractivity contribution in [3.8, 4) is 16.3 Å². The molecule has 1 amide bonds. The second-order valence-corrected chi connectivity index (χ2v) is 10.1. The fraction of sp³-hybridized carbons (Fsp3) is 0.300. The number of carbonyl (C=O) groups excluding carboxylic acids is 1. The highest BCUT2D eigenvalue weighted by Crippen LogP contribution is 2.32. The lowest BCUT2D eigenvalue weighted by Gasteiger charge is -2.12. The molecular formula is C20H21N3O4S2. The summed E-state index contributed by atoms with van der Waals surface area (Å²) in [7, 11) is -1.48. The van der Waals surface area contributed by atoms with Gasteiger partial charge in [0.2, 0.25) is 0 Å². The average Bonchev–Trinajstić information content (AvgIpc) is 3.45. The molecule has 9 heteroatoms. The third kappa shape index (κ3) is 4.20. The Labute approximate surface area is 173 Å². The van der Waals surface area contributed by atoms with Crippen LogP contribution in [0.1, 0.15) is 28.5 Å². The van der Waals surface area contributed by atoms with Crippen LogP contribution in [-0.4, -0.2) is 42.7 Å². The molecule has 0 saturated carbocycles. The van der Waals surface area contributed by atoms with Gasteiger partial charge in [-0.3, -0.25) is 9.48 Å². The summed E-state index contributed by atoms with van der Waals surface area (Å²) in [4.78, 5) is 13.7. The zero-order chi connectivity index (χ0) is 20.4. The van der Waals surface area contributed by atoms with Gasteiger partial charge in [0.15, 0.2) is 15.5 Å². The lowest BCUT2D eigenvalue weighted by molar-refractivity contribution is 0.0944. The van der Waals surface area contributed by atoms with E-state index in [9.17, 15) is 13.2 Å². The number of benzene rings is 1. The van der Waals surface area contributed by atoms with Crippen molar-refractivity contribution in [1.29, 1.82) is 0 Å². The Hall–Kier alpha value is -2.65. The van der Waals surface area contributed by atoms with Crippen molar-refractivity contribution in [3.63, 3.8) is 0 Å². The molecule has 1 aliphatic heterocycles. The summed E-state index contributed by atoms with van der Waals surface area (Å²) in [6.07, 6.45) is 0.505. The van der Waals surface area contributed by atoms with E-state index in [2.05, 4.69) is 10.4 Å². The number of para-hydroxylation sites is 1. The third-order valence-electron chi connectivity index (χ3n) is 4.93. The van der Waals surface area contributed by atoms with Crippen molar-refractivity contribution in [2.75, 3.05) is 18.6 Å². The van der Waals surface area contributed by atoms with Gasteiger partial charge in [-0.15, -0.1) is 11.3 Å². The lowest BCUT2D eigenvalue weighted by Crippen LogP contribution is -2.24. The molecule has 2 aromatic heterocycles. The number of methoxy groups -OCH3 is 1. The van der Waals surface area contributed by atoms with Crippen molar-refractivity contribution >= 4 is 27.1 Å². The SMILES string of the molecule is COc1ccccc1CNC(=O)c1cc(-c2cccs2)n(C2CCS(=O)(=O)C2)n1. The molecule has 1 N–H and O–H groups in total. The second kappa shape index (κ2) is 8.00. The maximum absolute atomic E-state index is 12.8. The largest absolute Gasteiger partial charge is 0.496 e. The Morgan fingerprint density at radius 1 is 1.31 bits per heavy atom. The predicted molar refractivity (Wildman–Crippen MR) is 112 cm³/mol. The molecule has 29 heavy (non-hydrogen) atoms. The van der Waals surface area contributed by atoms with Crippen molar-refractivity contribution < 1.29 is 17.9 Å². The number of rotatable bonds is 6. The molecule has 3 heterocycles. The van der Waals surface area contributed by atoms with Crippen molar-refractivity contribution in [2.24, 2.45) is 0 Å². The third-order valence-corrected chi connectivity index (χ3v) is 7.57. The zero-order valence-electron chi connectivity index (χ0n) is 15.9. The van der Waals surface area contributed by atoms with Crippen LogP contribution < -0.4 is 10.1 Å². The van der Waals surface area contributed by atoms with E-state index >= 15 is 0 Å². The highest BCUT2D eigenvalue weighted by molar-refractivity contribution is 7.91. The fourth-order valence-electron chi connectivity index (χ4n) is 3.48. The first-order valence-electron chi connectivity index (χ1n) is 9.21. The van der Waals surface area contributed by atoms with E-state index in [1.54, 1.807) is 17.9 Å². The standard InChI is InChI=1S/C20H21N3O4S2/c1-27-18-6-3-2-5-14(18)12-21-20(24)16-11-17(19-7-4-9-28-19)23(22-16)15-8-10-29(25,26)13-15/h2-7,9,11,15H,8,10,12-13H2,1H3,(H,21,24). The second-order valence-electron chi connectivity index (χ2n) is 6.89. The number of aromatic nitrogens is 2. The average molecular weight is 432 g/mol. The maximum atomic E-state index is 12.8. The van der Waals surface area contributed by atoms with E-state index in [-0.39, 0.29) is 29.1 Å². The molecular weight excluding hydrogens is 410 g/mol. The number of hydrogen-bond donors (Lipinski definition) is 1. The van der Waals surface area contributed by atoms with Gasteiger partial charge < -0.3 is 10.1 Å². The van der Waals surface area contributed by atoms with E-state index in [1.807, 2.05) is 41.8 Å². The van der Waals surface area contributed by atoms with Crippen LogP contribution in [0.2, 0.25) is 0 Å². The Balaban J connectivity index is 1.59. The van der Waals surface area contributed by atoms with Crippen LogP contribution in [0.3, 0.4) is 0 Å². The van der Waals surface area contributed by atoms with Crippen molar-refractivity contribution in [1.82, 2.24) is 15.1 Å². The fourth-order valence-corrected chi connectivity index (χ4v) is 5.90. The smallest absolute Gasteiger partial charge is 0.272 e. The van der Waals surface area contributed by atoms with Gasteiger partial charge in [-0.2, -0.15) is 5.10 Å². The minimum absolute atomic E-state index is 0.0509. The van der Waals surface area contributed by atoms with E-state index in [0.29, 0.717) is 18.7 Å². The van der Waals surface area contributed by atoms with Gasteiger partial charge in [0.05, 0.1) is 35.2 Å². The van der Waals surface area contributed by atoms with Gasteiger partial charge in [-0.25, -0.2) is 8.42 Å². The van der Waals surface area contributed by atoms with Gasteiger partial charge in [-0.05, 0) is 30.0 Å². The summed E-state index contributed by atoms with van der Waals surface area (Å²) in [5, 5.41) is 9.30. The Morgan fingerprint density at radius 3 is 2.83 bits per heavy atom. The maximum Gasteiger partial charge on any atom is 0.272 e. The van der Waals surface area contributed by atoms with Crippen LogP contribution in [-0.2, 0) is 16.4 Å². The molecule has 1 aliphatic rings. The van der Waals surface area contributed by atoms with Crippen LogP contribution in [0.25, 0.3) is 10.6 Å². The highest BCUT2D eigenvalue weighted by Gasteiger charge is 2.32. The first kappa shape index (κ1) is 19.7. The molecule has 1 unspecified atom stereocenters. The van der Waals surface area contributed by atoms with Crippen LogP contribution in [0.4, 0.5) is 0 Å².